The van der Waals surface area contributed by atoms with E-state index in [1.165, 1.54) is 0 Å². The van der Waals surface area contributed by atoms with Gasteiger partial charge in [0.2, 0.25) is 0 Å². The monoisotopic (exact) mass is 331 g/mol. The van der Waals surface area contributed by atoms with Crippen LogP contribution in [0.15, 0.2) is 0 Å². The van der Waals surface area contributed by atoms with E-state index in [0.717, 1.165) is 0 Å². The van der Waals surface area contributed by atoms with Gasteiger partial charge in [-0.3, -0.25) is 21.7 Å². The second-order valence-electron chi connectivity index (χ2n) is 1.56. The minimum Gasteiger partial charge on any atom is -0.369 e. The SMILES string of the molecule is N=C(N)NN.N=C(N)NN.O=[N+]([O-])[O-].O=[N+]([O-])[O-].[Co+2]. The largest absolute Gasteiger partial charge is 2.00 e. The number of nitrogens with one attached hydrogen (secondary N) is 4. The van der Waals surface area contributed by atoms with Crippen molar-refractivity contribution in [1.29, 1.82) is 10.8 Å². The van der Waals surface area contributed by atoms with Crippen LogP contribution in [-0.2, 0) is 16.8 Å². The zero-order valence-corrected chi connectivity index (χ0v) is 10.0. The number of guanidine groups is 2. The Morgan fingerprint density at radius 1 is 0.842 bits per heavy atom. The summed E-state index contributed by atoms with van der Waals surface area (Å²) in [6, 6.07) is 0. The zero-order valence-electron chi connectivity index (χ0n) is 8.99. The molecule has 115 valence electrons. The number of hydrogen-bond acceptors (Lipinski definition) is 10. The van der Waals surface area contributed by atoms with Crippen LogP contribution in [0.2, 0.25) is 0 Å². The van der Waals surface area contributed by atoms with E-state index in [2.05, 4.69) is 23.2 Å². The summed E-state index contributed by atoms with van der Waals surface area (Å²) >= 11 is 0. The van der Waals surface area contributed by atoms with Crippen LogP contribution in [0.3, 0.4) is 0 Å². The maximum atomic E-state index is 8.25. The molecule has 0 fully saturated rings. The van der Waals surface area contributed by atoms with Crippen molar-refractivity contribution in [2.45, 2.75) is 0 Å². The van der Waals surface area contributed by atoms with E-state index in [1.807, 2.05) is 10.9 Å². The Hall–Kier alpha value is -2.63. The molecule has 0 unspecified atom stereocenters. The fourth-order valence-corrected chi connectivity index (χ4v) is 0. The number of hydrogen-bond donors (Lipinski definition) is 8. The molecule has 0 aromatic carbocycles. The van der Waals surface area contributed by atoms with E-state index >= 15 is 0 Å². The molecule has 0 aliphatic rings. The van der Waals surface area contributed by atoms with Crippen LogP contribution >= 0.6 is 0 Å². The average Bonchev–Trinajstić information content (AvgIpc) is 2.16. The third kappa shape index (κ3) is 1470. The van der Waals surface area contributed by atoms with Crippen LogP contribution in [-0.4, -0.2) is 22.1 Å². The number of nitrogens with zero attached hydrogens (tertiary/aromatic N) is 2. The van der Waals surface area contributed by atoms with Crippen LogP contribution in [0.25, 0.3) is 0 Å². The van der Waals surface area contributed by atoms with Gasteiger partial charge in [-0.25, -0.2) is 11.7 Å². The Bertz CT molecular complexity index is 224. The molecule has 0 rings (SSSR count). The van der Waals surface area contributed by atoms with Gasteiger partial charge >= 0.3 is 16.8 Å². The third-order valence-electron chi connectivity index (χ3n) is 0.311. The average molecular weight is 331 g/mol. The van der Waals surface area contributed by atoms with E-state index in [4.69, 9.17) is 41.5 Å². The molecule has 0 saturated heterocycles. The third-order valence-corrected chi connectivity index (χ3v) is 0.311. The van der Waals surface area contributed by atoms with Crippen LogP contribution in [0.4, 0.5) is 0 Å². The first-order chi connectivity index (χ1) is 8.00. The quantitative estimate of drug-likeness (QED) is 0.0696. The molecular formula is C2H12CoN10O6. The molecule has 0 saturated carbocycles. The van der Waals surface area contributed by atoms with E-state index in [1.54, 1.807) is 0 Å². The van der Waals surface area contributed by atoms with Crippen molar-refractivity contribution >= 4 is 11.9 Å². The van der Waals surface area contributed by atoms with Gasteiger partial charge < -0.3 is 42.1 Å². The van der Waals surface area contributed by atoms with Gasteiger partial charge in [-0.05, 0) is 0 Å². The topological polar surface area (TPSA) is 308 Å². The Morgan fingerprint density at radius 3 is 0.895 bits per heavy atom. The van der Waals surface area contributed by atoms with Crippen molar-refractivity contribution in [1.82, 2.24) is 10.9 Å². The Kier molecular flexibility index (Phi) is 38.6. The van der Waals surface area contributed by atoms with Gasteiger partial charge in [-0.15, -0.1) is 0 Å². The summed E-state index contributed by atoms with van der Waals surface area (Å²) in [5, 5.41) is 42.1. The normalized spacial score (nSPS) is 6.00. The maximum absolute atomic E-state index is 8.25. The predicted molar refractivity (Wildman–Crippen MR) is 59.2 cm³/mol. The molecule has 0 aliphatic heterocycles. The second-order valence-corrected chi connectivity index (χ2v) is 1.56. The van der Waals surface area contributed by atoms with E-state index < -0.39 is 10.2 Å². The fraction of sp³-hybridized carbons (Fsp3) is 0. The molecule has 0 aliphatic carbocycles. The van der Waals surface area contributed by atoms with Gasteiger partial charge in [0.15, 0.2) is 11.9 Å². The van der Waals surface area contributed by atoms with Gasteiger partial charge in [-0.2, -0.15) is 0 Å². The molecule has 0 atom stereocenters. The molecule has 0 spiro atoms. The van der Waals surface area contributed by atoms with Gasteiger partial charge in [-0.1, -0.05) is 0 Å². The predicted octanol–water partition coefficient (Wildman–Crippen LogP) is -3.79. The number of rotatable bonds is 0. The fourth-order valence-electron chi connectivity index (χ4n) is 0. The number of hydrazine groups is 2. The molecule has 1 radical (unpaired) electrons. The minimum absolute atomic E-state index is 0. The van der Waals surface area contributed by atoms with Crippen molar-refractivity contribution in [3.63, 3.8) is 0 Å². The van der Waals surface area contributed by atoms with Crippen molar-refractivity contribution in [2.24, 2.45) is 23.2 Å². The standard InChI is InChI=1S/2CH6N4.Co.2NO3/c2*2-1(3)5-4;;2*2-1(3)4/h2*4H2,(H4,2,3,5);;;/q;;+2;2*-1. The van der Waals surface area contributed by atoms with E-state index in [0.29, 0.717) is 0 Å². The Balaban J connectivity index is -0.0000000453. The van der Waals surface area contributed by atoms with Crippen LogP contribution in [0, 0.1) is 41.5 Å². The Labute approximate surface area is 115 Å². The first-order valence-corrected chi connectivity index (χ1v) is 3.25. The molecule has 0 aromatic heterocycles. The first kappa shape index (κ1) is 29.9. The summed E-state index contributed by atoms with van der Waals surface area (Å²) in [5.41, 5.74) is 13.1. The molecule has 0 aromatic rings. The van der Waals surface area contributed by atoms with Crippen molar-refractivity contribution in [3.05, 3.63) is 30.6 Å². The van der Waals surface area contributed by atoms with Gasteiger partial charge in [0.25, 0.3) is 0 Å². The molecule has 0 bridgehead atoms. The molecule has 0 amide bonds. The number of nitrogens with two attached hydrogens (primary N) is 4. The molecule has 19 heavy (non-hydrogen) atoms. The first-order valence-electron chi connectivity index (χ1n) is 3.25. The molecular weight excluding hydrogens is 319 g/mol. The summed E-state index contributed by atoms with van der Waals surface area (Å²) in [7, 11) is 0. The molecule has 12 N–H and O–H groups in total. The summed E-state index contributed by atoms with van der Waals surface area (Å²) in [4.78, 5) is 16.5. The van der Waals surface area contributed by atoms with Crippen molar-refractivity contribution < 1.29 is 27.0 Å². The van der Waals surface area contributed by atoms with Crippen LogP contribution < -0.4 is 34.0 Å². The van der Waals surface area contributed by atoms with Gasteiger partial charge in [0, 0.05) is 0 Å². The molecule has 16 nitrogen and oxygen atoms in total. The second kappa shape index (κ2) is 24.5. The van der Waals surface area contributed by atoms with Crippen molar-refractivity contribution in [2.75, 3.05) is 0 Å². The summed E-state index contributed by atoms with van der Waals surface area (Å²) in [6.07, 6.45) is 0. The maximum Gasteiger partial charge on any atom is 2.00 e. The van der Waals surface area contributed by atoms with Gasteiger partial charge in [0.1, 0.15) is 0 Å². The summed E-state index contributed by atoms with van der Waals surface area (Å²) in [6.45, 7) is 0. The summed E-state index contributed by atoms with van der Waals surface area (Å²) in [5.74, 6) is 8.71. The zero-order chi connectivity index (χ0) is 15.7. The van der Waals surface area contributed by atoms with Crippen LogP contribution in [0.5, 0.6) is 0 Å². The minimum atomic E-state index is -1.75. The summed E-state index contributed by atoms with van der Waals surface area (Å²) < 4.78 is 0. The smallest absolute Gasteiger partial charge is 0.369 e. The Morgan fingerprint density at radius 2 is 0.895 bits per heavy atom. The van der Waals surface area contributed by atoms with Gasteiger partial charge in [0.05, 0.1) is 10.2 Å². The van der Waals surface area contributed by atoms with Crippen LogP contribution in [0.1, 0.15) is 0 Å². The van der Waals surface area contributed by atoms with Crippen molar-refractivity contribution in [3.8, 4) is 0 Å². The van der Waals surface area contributed by atoms with E-state index in [9.17, 15) is 0 Å². The molecule has 17 heteroatoms. The molecule has 0 heterocycles. The van der Waals surface area contributed by atoms with E-state index in [-0.39, 0.29) is 28.7 Å².